The SMILES string of the molecule is CN1CCC[C@H]1CCNC(=O)c1ccc(-c2cc(N)ncn2)cc1. The van der Waals surface area contributed by atoms with E-state index in [1.54, 1.807) is 6.07 Å². The highest BCUT2D eigenvalue weighted by Gasteiger charge is 2.20. The standard InChI is InChI=1S/C18H23N5O/c1-23-10-2-3-15(23)8-9-20-18(24)14-6-4-13(5-7-14)16-11-17(19)22-12-21-16/h4-7,11-12,15H,2-3,8-10H2,1H3,(H,20,24)(H2,19,21,22)/t15-/m0/s1. The summed E-state index contributed by atoms with van der Waals surface area (Å²) in [6, 6.07) is 9.68. The first-order chi connectivity index (χ1) is 11.6. The summed E-state index contributed by atoms with van der Waals surface area (Å²) in [4.78, 5) is 22.7. The van der Waals surface area contributed by atoms with E-state index in [1.165, 1.54) is 19.2 Å². The van der Waals surface area contributed by atoms with E-state index in [0.29, 0.717) is 24.0 Å². The molecule has 0 unspecified atom stereocenters. The monoisotopic (exact) mass is 325 g/mol. The third-order valence-corrected chi connectivity index (χ3v) is 4.57. The van der Waals surface area contributed by atoms with Crippen molar-refractivity contribution >= 4 is 11.7 Å². The highest BCUT2D eigenvalue weighted by atomic mass is 16.1. The van der Waals surface area contributed by atoms with Gasteiger partial charge in [-0.15, -0.1) is 0 Å². The number of anilines is 1. The van der Waals surface area contributed by atoms with Gasteiger partial charge in [-0.25, -0.2) is 9.97 Å². The number of rotatable bonds is 5. The van der Waals surface area contributed by atoms with Crippen LogP contribution in [0.25, 0.3) is 11.3 Å². The third kappa shape index (κ3) is 3.89. The van der Waals surface area contributed by atoms with Gasteiger partial charge in [0.2, 0.25) is 0 Å². The molecule has 0 saturated carbocycles. The molecule has 1 saturated heterocycles. The van der Waals surface area contributed by atoms with Crippen LogP contribution in [0.1, 0.15) is 29.6 Å². The van der Waals surface area contributed by atoms with Crippen LogP contribution in [0.15, 0.2) is 36.7 Å². The van der Waals surface area contributed by atoms with Gasteiger partial charge in [0, 0.05) is 29.8 Å². The van der Waals surface area contributed by atoms with E-state index in [0.717, 1.165) is 24.2 Å². The first kappa shape index (κ1) is 16.4. The van der Waals surface area contributed by atoms with Crippen LogP contribution in [0.4, 0.5) is 5.82 Å². The number of amides is 1. The zero-order valence-corrected chi connectivity index (χ0v) is 13.9. The average molecular weight is 325 g/mol. The number of nitrogens with one attached hydrogen (secondary N) is 1. The summed E-state index contributed by atoms with van der Waals surface area (Å²) >= 11 is 0. The predicted octanol–water partition coefficient (Wildman–Crippen LogP) is 1.94. The molecule has 0 spiro atoms. The molecule has 0 aliphatic carbocycles. The second-order valence-electron chi connectivity index (χ2n) is 6.23. The maximum atomic E-state index is 12.2. The fourth-order valence-electron chi connectivity index (χ4n) is 3.12. The fourth-order valence-corrected chi connectivity index (χ4v) is 3.12. The molecule has 3 N–H and O–H groups in total. The first-order valence-corrected chi connectivity index (χ1v) is 8.30. The molecule has 0 radical (unpaired) electrons. The van der Waals surface area contributed by atoms with Crippen molar-refractivity contribution in [3.05, 3.63) is 42.2 Å². The summed E-state index contributed by atoms with van der Waals surface area (Å²) in [6.45, 7) is 1.87. The number of aromatic nitrogens is 2. The molecule has 1 aromatic carbocycles. The maximum absolute atomic E-state index is 12.2. The second kappa shape index (κ2) is 7.40. The van der Waals surface area contributed by atoms with E-state index in [2.05, 4.69) is 27.2 Å². The Morgan fingerprint density at radius 1 is 1.33 bits per heavy atom. The summed E-state index contributed by atoms with van der Waals surface area (Å²) in [5.41, 5.74) is 7.98. The molecule has 0 bridgehead atoms. The van der Waals surface area contributed by atoms with Gasteiger partial charge in [0.05, 0.1) is 5.69 Å². The molecule has 1 amide bonds. The van der Waals surface area contributed by atoms with Gasteiger partial charge in [0.25, 0.3) is 5.91 Å². The summed E-state index contributed by atoms with van der Waals surface area (Å²) < 4.78 is 0. The molecule has 6 nitrogen and oxygen atoms in total. The zero-order valence-electron chi connectivity index (χ0n) is 13.9. The van der Waals surface area contributed by atoms with Crippen LogP contribution in [-0.2, 0) is 0 Å². The van der Waals surface area contributed by atoms with Crippen molar-refractivity contribution in [2.45, 2.75) is 25.3 Å². The predicted molar refractivity (Wildman–Crippen MR) is 94.5 cm³/mol. The molecule has 1 atom stereocenters. The van der Waals surface area contributed by atoms with Crippen molar-refractivity contribution in [1.82, 2.24) is 20.2 Å². The molecule has 126 valence electrons. The highest BCUT2D eigenvalue weighted by Crippen LogP contribution is 2.19. The van der Waals surface area contributed by atoms with E-state index in [4.69, 9.17) is 5.73 Å². The molecule has 24 heavy (non-hydrogen) atoms. The largest absolute Gasteiger partial charge is 0.384 e. The lowest BCUT2D eigenvalue weighted by Gasteiger charge is -2.19. The smallest absolute Gasteiger partial charge is 0.251 e. The summed E-state index contributed by atoms with van der Waals surface area (Å²) in [6.07, 6.45) is 4.92. The van der Waals surface area contributed by atoms with Gasteiger partial charge < -0.3 is 16.0 Å². The topological polar surface area (TPSA) is 84.1 Å². The van der Waals surface area contributed by atoms with E-state index >= 15 is 0 Å². The maximum Gasteiger partial charge on any atom is 0.251 e. The summed E-state index contributed by atoms with van der Waals surface area (Å²) in [5, 5.41) is 3.00. The molecule has 1 aliphatic rings. The van der Waals surface area contributed by atoms with Crippen LogP contribution in [0.2, 0.25) is 0 Å². The first-order valence-electron chi connectivity index (χ1n) is 8.30. The van der Waals surface area contributed by atoms with Crippen molar-refractivity contribution < 1.29 is 4.79 Å². The van der Waals surface area contributed by atoms with Gasteiger partial charge >= 0.3 is 0 Å². The van der Waals surface area contributed by atoms with E-state index < -0.39 is 0 Å². The highest BCUT2D eigenvalue weighted by molar-refractivity contribution is 5.94. The normalized spacial score (nSPS) is 17.8. The lowest BCUT2D eigenvalue weighted by molar-refractivity contribution is 0.0950. The van der Waals surface area contributed by atoms with Crippen molar-refractivity contribution in [3.63, 3.8) is 0 Å². The molecular formula is C18H23N5O. The number of carbonyl (C=O) groups excluding carboxylic acids is 1. The quantitative estimate of drug-likeness (QED) is 0.877. The number of hydrogen-bond donors (Lipinski definition) is 2. The molecule has 2 aromatic rings. The molecular weight excluding hydrogens is 302 g/mol. The van der Waals surface area contributed by atoms with Crippen LogP contribution in [0.3, 0.4) is 0 Å². The van der Waals surface area contributed by atoms with Crippen LogP contribution in [-0.4, -0.2) is 47.0 Å². The Labute approximate surface area is 142 Å². The zero-order chi connectivity index (χ0) is 16.9. The number of nitrogens with zero attached hydrogens (tertiary/aromatic N) is 3. The van der Waals surface area contributed by atoms with Gasteiger partial charge in [-0.05, 0) is 45.0 Å². The molecule has 2 heterocycles. The van der Waals surface area contributed by atoms with Crippen molar-refractivity contribution in [3.8, 4) is 11.3 Å². The van der Waals surface area contributed by atoms with Gasteiger partial charge in [0.15, 0.2) is 0 Å². The number of carbonyl (C=O) groups is 1. The van der Waals surface area contributed by atoms with E-state index in [9.17, 15) is 4.79 Å². The number of likely N-dealkylation sites (tertiary alicyclic amines) is 1. The Morgan fingerprint density at radius 3 is 2.79 bits per heavy atom. The minimum Gasteiger partial charge on any atom is -0.384 e. The Morgan fingerprint density at radius 2 is 2.12 bits per heavy atom. The minimum absolute atomic E-state index is 0.0376. The van der Waals surface area contributed by atoms with E-state index in [-0.39, 0.29) is 5.91 Å². The van der Waals surface area contributed by atoms with Gasteiger partial charge in [-0.2, -0.15) is 0 Å². The van der Waals surface area contributed by atoms with Gasteiger partial charge in [-0.1, -0.05) is 12.1 Å². The Kier molecular flexibility index (Phi) is 5.05. The Hall–Kier alpha value is -2.47. The van der Waals surface area contributed by atoms with Crippen LogP contribution < -0.4 is 11.1 Å². The number of nitrogens with two attached hydrogens (primary N) is 1. The van der Waals surface area contributed by atoms with E-state index in [1.807, 2.05) is 24.3 Å². The molecule has 3 rings (SSSR count). The van der Waals surface area contributed by atoms with Crippen LogP contribution >= 0.6 is 0 Å². The van der Waals surface area contributed by atoms with Crippen LogP contribution in [0, 0.1) is 0 Å². The molecule has 1 aromatic heterocycles. The lowest BCUT2D eigenvalue weighted by atomic mass is 10.1. The summed E-state index contributed by atoms with van der Waals surface area (Å²) in [5.74, 6) is 0.392. The fraction of sp³-hybridized carbons (Fsp3) is 0.389. The van der Waals surface area contributed by atoms with Crippen molar-refractivity contribution in [1.29, 1.82) is 0 Å². The summed E-state index contributed by atoms with van der Waals surface area (Å²) in [7, 11) is 2.15. The van der Waals surface area contributed by atoms with Crippen molar-refractivity contribution in [2.75, 3.05) is 25.9 Å². The van der Waals surface area contributed by atoms with Crippen molar-refractivity contribution in [2.24, 2.45) is 0 Å². The average Bonchev–Trinajstić information content (AvgIpc) is 3.00. The number of benzene rings is 1. The molecule has 1 aliphatic heterocycles. The van der Waals surface area contributed by atoms with Gasteiger partial charge in [-0.3, -0.25) is 4.79 Å². The van der Waals surface area contributed by atoms with Gasteiger partial charge in [0.1, 0.15) is 12.1 Å². The third-order valence-electron chi connectivity index (χ3n) is 4.57. The molecule has 1 fully saturated rings. The van der Waals surface area contributed by atoms with Crippen LogP contribution in [0.5, 0.6) is 0 Å². The Balaban J connectivity index is 1.56. The number of hydrogen-bond acceptors (Lipinski definition) is 5. The lowest BCUT2D eigenvalue weighted by Crippen LogP contribution is -2.31. The number of nitrogen functional groups attached to an aromatic ring is 1. The molecule has 6 heteroatoms. The Bertz CT molecular complexity index is 701. The second-order valence-corrected chi connectivity index (χ2v) is 6.23. The minimum atomic E-state index is -0.0376.